The van der Waals surface area contributed by atoms with Crippen LogP contribution in [-0.4, -0.2) is 27.6 Å². The minimum absolute atomic E-state index is 0.0125. The Labute approximate surface area is 142 Å². The normalized spacial score (nSPS) is 12.3. The van der Waals surface area contributed by atoms with E-state index in [1.54, 1.807) is 0 Å². The van der Waals surface area contributed by atoms with Gasteiger partial charge in [0.05, 0.1) is 11.4 Å². The van der Waals surface area contributed by atoms with Crippen molar-refractivity contribution in [1.82, 2.24) is 9.78 Å². The summed E-state index contributed by atoms with van der Waals surface area (Å²) >= 11 is 1.43. The van der Waals surface area contributed by atoms with Crippen LogP contribution in [0.2, 0.25) is 0 Å². The van der Waals surface area contributed by atoms with Gasteiger partial charge >= 0.3 is 5.76 Å². The van der Waals surface area contributed by atoms with Gasteiger partial charge in [0.2, 0.25) is 0 Å². The Morgan fingerprint density at radius 3 is 2.71 bits per heavy atom. The second-order valence-corrected chi connectivity index (χ2v) is 6.47. The molecule has 3 aromatic rings. The van der Waals surface area contributed by atoms with E-state index >= 15 is 0 Å². The van der Waals surface area contributed by atoms with Gasteiger partial charge in [0, 0.05) is 0 Å². The molecule has 0 amide bonds. The Hall–Kier alpha value is -2.38. The number of benzene rings is 1. The van der Waals surface area contributed by atoms with Crippen LogP contribution >= 0.6 is 11.3 Å². The summed E-state index contributed by atoms with van der Waals surface area (Å²) in [6.45, 7) is 3.98. The van der Waals surface area contributed by atoms with E-state index in [2.05, 4.69) is 5.10 Å². The highest BCUT2D eigenvalue weighted by Gasteiger charge is 2.15. The van der Waals surface area contributed by atoms with Gasteiger partial charge in [-0.2, -0.15) is 4.68 Å². The van der Waals surface area contributed by atoms with Crippen LogP contribution in [0.3, 0.4) is 0 Å². The molecule has 126 valence electrons. The Morgan fingerprint density at radius 1 is 1.29 bits per heavy atom. The molecule has 0 aliphatic carbocycles. The zero-order valence-corrected chi connectivity index (χ0v) is 14.2. The van der Waals surface area contributed by atoms with Crippen LogP contribution in [0.25, 0.3) is 10.8 Å². The Bertz CT molecular complexity index is 847. The number of rotatable bonds is 6. The first-order valence-electron chi connectivity index (χ1n) is 7.53. The third-order valence-electron chi connectivity index (χ3n) is 3.55. The molecule has 1 atom stereocenters. The highest BCUT2D eigenvalue weighted by Crippen LogP contribution is 2.23. The van der Waals surface area contributed by atoms with Crippen molar-refractivity contribution in [2.75, 3.05) is 6.61 Å². The first-order chi connectivity index (χ1) is 11.5. The maximum Gasteiger partial charge on any atom is 0.437 e. The summed E-state index contributed by atoms with van der Waals surface area (Å²) in [6, 6.07) is 9.52. The standard InChI is InChI=1S/C17H18N2O4S/c1-11-5-3-6-12(2)15(11)22-10-13(20)9-19-17(21)23-16(18-19)14-7-4-8-24-14/h3-8,13,20H,9-10H2,1-2H3/t13-/m0/s1. The van der Waals surface area contributed by atoms with Gasteiger partial charge in [0.25, 0.3) is 5.89 Å². The first-order valence-corrected chi connectivity index (χ1v) is 8.41. The van der Waals surface area contributed by atoms with E-state index in [1.807, 2.05) is 49.6 Å². The third kappa shape index (κ3) is 3.58. The van der Waals surface area contributed by atoms with Crippen LogP contribution in [-0.2, 0) is 6.54 Å². The highest BCUT2D eigenvalue weighted by molar-refractivity contribution is 7.13. The summed E-state index contributed by atoms with van der Waals surface area (Å²) in [7, 11) is 0. The SMILES string of the molecule is Cc1cccc(C)c1OC[C@@H](O)Cn1nc(-c2cccs2)oc1=O. The van der Waals surface area contributed by atoms with Crippen LogP contribution in [0, 0.1) is 13.8 Å². The fraction of sp³-hybridized carbons (Fsp3) is 0.294. The van der Waals surface area contributed by atoms with Gasteiger partial charge in [0.1, 0.15) is 18.5 Å². The molecule has 3 rings (SSSR count). The molecule has 0 saturated carbocycles. The molecular formula is C17H18N2O4S. The lowest BCUT2D eigenvalue weighted by Crippen LogP contribution is -2.29. The average Bonchev–Trinajstić information content (AvgIpc) is 3.17. The molecule has 0 spiro atoms. The fourth-order valence-corrected chi connectivity index (χ4v) is 3.02. The van der Waals surface area contributed by atoms with Gasteiger partial charge in [-0.1, -0.05) is 24.3 Å². The number of nitrogens with zero attached hydrogens (tertiary/aromatic N) is 2. The first kappa shape index (κ1) is 16.5. The summed E-state index contributed by atoms with van der Waals surface area (Å²) in [4.78, 5) is 12.6. The van der Waals surface area contributed by atoms with Gasteiger partial charge in [-0.3, -0.25) is 0 Å². The fourth-order valence-electron chi connectivity index (χ4n) is 2.38. The van der Waals surface area contributed by atoms with E-state index in [9.17, 15) is 9.90 Å². The van der Waals surface area contributed by atoms with E-state index in [-0.39, 0.29) is 19.0 Å². The summed E-state index contributed by atoms with van der Waals surface area (Å²) in [6.07, 6.45) is -0.872. The van der Waals surface area contributed by atoms with Crippen molar-refractivity contribution in [2.24, 2.45) is 0 Å². The van der Waals surface area contributed by atoms with Gasteiger partial charge in [-0.25, -0.2) is 4.79 Å². The number of hydrogen-bond acceptors (Lipinski definition) is 6. The Balaban J connectivity index is 1.65. The Kier molecular flexibility index (Phi) is 4.82. The monoisotopic (exact) mass is 346 g/mol. The zero-order chi connectivity index (χ0) is 17.1. The van der Waals surface area contributed by atoms with Crippen molar-refractivity contribution in [3.05, 3.63) is 57.4 Å². The van der Waals surface area contributed by atoms with Gasteiger partial charge in [-0.05, 0) is 36.4 Å². The third-order valence-corrected chi connectivity index (χ3v) is 4.41. The molecule has 0 radical (unpaired) electrons. The van der Waals surface area contributed by atoms with E-state index in [0.717, 1.165) is 26.4 Å². The molecule has 7 heteroatoms. The number of thiophene rings is 1. The van der Waals surface area contributed by atoms with Crippen molar-refractivity contribution in [1.29, 1.82) is 0 Å². The number of aliphatic hydroxyl groups excluding tert-OH is 1. The topological polar surface area (TPSA) is 77.5 Å². The van der Waals surface area contributed by atoms with Crippen molar-refractivity contribution < 1.29 is 14.3 Å². The molecule has 1 aromatic carbocycles. The minimum Gasteiger partial charge on any atom is -0.490 e. The van der Waals surface area contributed by atoms with E-state index in [0.29, 0.717) is 0 Å². The largest absolute Gasteiger partial charge is 0.490 e. The molecule has 0 unspecified atom stereocenters. The maximum absolute atomic E-state index is 11.8. The van der Waals surface area contributed by atoms with E-state index in [4.69, 9.17) is 9.15 Å². The molecule has 0 fully saturated rings. The number of para-hydroxylation sites is 1. The summed E-state index contributed by atoms with van der Waals surface area (Å²) < 4.78 is 11.9. The summed E-state index contributed by atoms with van der Waals surface area (Å²) in [5.74, 6) is 0.422. The van der Waals surface area contributed by atoms with Crippen molar-refractivity contribution >= 4 is 11.3 Å². The molecule has 2 heterocycles. The van der Waals surface area contributed by atoms with Crippen molar-refractivity contribution in [3.63, 3.8) is 0 Å². The van der Waals surface area contributed by atoms with Crippen LogP contribution < -0.4 is 10.5 Å². The van der Waals surface area contributed by atoms with Crippen LogP contribution in [0.15, 0.2) is 44.9 Å². The summed E-state index contributed by atoms with van der Waals surface area (Å²) in [5.41, 5.74) is 2.00. The van der Waals surface area contributed by atoms with Crippen LogP contribution in [0.5, 0.6) is 5.75 Å². The summed E-state index contributed by atoms with van der Waals surface area (Å²) in [5, 5.41) is 16.1. The molecule has 0 bridgehead atoms. The van der Waals surface area contributed by atoms with Crippen LogP contribution in [0.4, 0.5) is 0 Å². The number of aryl methyl sites for hydroxylation is 2. The lowest BCUT2D eigenvalue weighted by molar-refractivity contribution is 0.0869. The average molecular weight is 346 g/mol. The molecule has 6 nitrogen and oxygen atoms in total. The van der Waals surface area contributed by atoms with Gasteiger partial charge < -0.3 is 14.3 Å². The molecule has 0 aliphatic rings. The van der Waals surface area contributed by atoms with Crippen molar-refractivity contribution in [2.45, 2.75) is 26.5 Å². The molecule has 0 aliphatic heterocycles. The maximum atomic E-state index is 11.8. The smallest absolute Gasteiger partial charge is 0.437 e. The molecular weight excluding hydrogens is 328 g/mol. The molecule has 2 aromatic heterocycles. The second-order valence-electron chi connectivity index (χ2n) is 5.52. The highest BCUT2D eigenvalue weighted by atomic mass is 32.1. The van der Waals surface area contributed by atoms with Crippen LogP contribution in [0.1, 0.15) is 11.1 Å². The number of hydrogen-bond donors (Lipinski definition) is 1. The predicted molar refractivity (Wildman–Crippen MR) is 91.5 cm³/mol. The quantitative estimate of drug-likeness (QED) is 0.742. The lowest BCUT2D eigenvalue weighted by atomic mass is 10.1. The van der Waals surface area contributed by atoms with Gasteiger partial charge in [-0.15, -0.1) is 16.4 Å². The Morgan fingerprint density at radius 2 is 2.04 bits per heavy atom. The second kappa shape index (κ2) is 7.02. The van der Waals surface area contributed by atoms with Gasteiger partial charge in [0.15, 0.2) is 0 Å². The molecule has 0 saturated heterocycles. The number of aromatic nitrogens is 2. The van der Waals surface area contributed by atoms with Crippen molar-refractivity contribution in [3.8, 4) is 16.5 Å². The van der Waals surface area contributed by atoms with E-state index < -0.39 is 11.9 Å². The van der Waals surface area contributed by atoms with E-state index in [1.165, 1.54) is 11.3 Å². The number of ether oxygens (including phenoxy) is 1. The lowest BCUT2D eigenvalue weighted by Gasteiger charge is -2.15. The molecule has 1 N–H and O–H groups in total. The zero-order valence-electron chi connectivity index (χ0n) is 13.4. The minimum atomic E-state index is -0.872. The predicted octanol–water partition coefficient (Wildman–Crippen LogP) is 2.62. The number of aliphatic hydroxyl groups is 1. The molecule has 24 heavy (non-hydrogen) atoms.